The lowest BCUT2D eigenvalue weighted by molar-refractivity contribution is -0.137. The number of rotatable bonds is 7. The first-order valence-electron chi connectivity index (χ1n) is 8.90. The number of nitrogens with zero attached hydrogens (tertiary/aromatic N) is 2. The van der Waals surface area contributed by atoms with E-state index in [4.69, 9.17) is 9.84 Å². The van der Waals surface area contributed by atoms with Crippen LogP contribution in [0.25, 0.3) is 0 Å². The standard InChI is InChI=1S/C21H14Br2F3N3O3/c22-16-7-13(9-28-29-18-6-5-15(10-27-18)21(24,25)26)8-17(23)19(16)32-11-12-1-3-14(4-2-12)20(30)31/h1-10H,11H2,(H,27,29)(H,30,31)/b28-9-. The summed E-state index contributed by atoms with van der Waals surface area (Å²) < 4.78 is 44.8. The summed E-state index contributed by atoms with van der Waals surface area (Å²) in [6.07, 6.45) is -2.24. The fourth-order valence-corrected chi connectivity index (χ4v) is 3.94. The minimum Gasteiger partial charge on any atom is -0.487 e. The maximum absolute atomic E-state index is 12.6. The average Bonchev–Trinajstić information content (AvgIpc) is 2.73. The summed E-state index contributed by atoms with van der Waals surface area (Å²) in [4.78, 5) is 14.6. The largest absolute Gasteiger partial charge is 0.487 e. The molecule has 0 saturated carbocycles. The zero-order valence-corrected chi connectivity index (χ0v) is 19.2. The fourth-order valence-electron chi connectivity index (χ4n) is 2.49. The van der Waals surface area contributed by atoms with Crippen LogP contribution in [0.2, 0.25) is 0 Å². The summed E-state index contributed by atoms with van der Waals surface area (Å²) in [6, 6.07) is 12.0. The fraction of sp³-hybridized carbons (Fsp3) is 0.0952. The molecular weight excluding hydrogens is 559 g/mol. The van der Waals surface area contributed by atoms with E-state index < -0.39 is 17.7 Å². The van der Waals surface area contributed by atoms with Gasteiger partial charge in [0.1, 0.15) is 18.2 Å². The Kier molecular flexibility index (Phi) is 7.52. The molecule has 1 heterocycles. The molecular formula is C21H14Br2F3N3O3. The van der Waals surface area contributed by atoms with E-state index in [0.717, 1.165) is 17.8 Å². The molecule has 166 valence electrons. The summed E-state index contributed by atoms with van der Waals surface area (Å²) in [7, 11) is 0. The van der Waals surface area contributed by atoms with Crippen LogP contribution in [0.4, 0.5) is 19.0 Å². The molecule has 6 nitrogen and oxygen atoms in total. The van der Waals surface area contributed by atoms with Crippen LogP contribution in [0, 0.1) is 0 Å². The summed E-state index contributed by atoms with van der Waals surface area (Å²) >= 11 is 6.86. The molecule has 3 aromatic rings. The van der Waals surface area contributed by atoms with Crippen molar-refractivity contribution in [2.75, 3.05) is 5.43 Å². The Bertz CT molecular complexity index is 1110. The Morgan fingerprint density at radius 2 is 1.78 bits per heavy atom. The predicted octanol–water partition coefficient (Wildman–Crippen LogP) is 6.35. The number of carbonyl (C=O) groups is 1. The van der Waals surface area contributed by atoms with Crippen LogP contribution in [0.1, 0.15) is 27.0 Å². The third-order valence-electron chi connectivity index (χ3n) is 4.09. The van der Waals surface area contributed by atoms with Crippen molar-refractivity contribution in [1.29, 1.82) is 0 Å². The molecule has 2 N–H and O–H groups in total. The van der Waals surface area contributed by atoms with Crippen molar-refractivity contribution < 1.29 is 27.8 Å². The van der Waals surface area contributed by atoms with Gasteiger partial charge in [0.05, 0.1) is 26.3 Å². The number of hydrogen-bond acceptors (Lipinski definition) is 5. The lowest BCUT2D eigenvalue weighted by Gasteiger charge is -2.11. The van der Waals surface area contributed by atoms with Crippen LogP contribution in [0.15, 0.2) is 68.8 Å². The number of benzene rings is 2. The summed E-state index contributed by atoms with van der Waals surface area (Å²) in [6.45, 7) is 0.228. The van der Waals surface area contributed by atoms with Gasteiger partial charge >= 0.3 is 12.1 Å². The smallest absolute Gasteiger partial charge is 0.417 e. The Labute approximate surface area is 197 Å². The minimum atomic E-state index is -4.45. The van der Waals surface area contributed by atoms with Gasteiger partial charge in [-0.25, -0.2) is 9.78 Å². The van der Waals surface area contributed by atoms with Gasteiger partial charge in [0, 0.05) is 6.20 Å². The molecule has 3 rings (SSSR count). The number of alkyl halides is 3. The quantitative estimate of drug-likeness (QED) is 0.255. The Morgan fingerprint density at radius 3 is 2.31 bits per heavy atom. The van der Waals surface area contributed by atoms with Gasteiger partial charge in [-0.05, 0) is 79.4 Å². The number of nitrogens with one attached hydrogen (secondary N) is 1. The second-order valence-electron chi connectivity index (χ2n) is 6.40. The second-order valence-corrected chi connectivity index (χ2v) is 8.11. The number of pyridine rings is 1. The van der Waals surface area contributed by atoms with Crippen LogP contribution in [-0.2, 0) is 12.8 Å². The van der Waals surface area contributed by atoms with Crippen LogP contribution in [0.5, 0.6) is 5.75 Å². The van der Waals surface area contributed by atoms with Crippen molar-refractivity contribution in [1.82, 2.24) is 4.98 Å². The maximum atomic E-state index is 12.6. The number of carboxylic acid groups (broad SMARTS) is 1. The van der Waals surface area contributed by atoms with E-state index in [2.05, 4.69) is 47.4 Å². The molecule has 0 aliphatic carbocycles. The Hall–Kier alpha value is -2.92. The van der Waals surface area contributed by atoms with Crippen molar-refractivity contribution in [3.8, 4) is 5.75 Å². The number of aromatic nitrogens is 1. The Balaban J connectivity index is 1.62. The monoisotopic (exact) mass is 571 g/mol. The molecule has 2 aromatic carbocycles. The van der Waals surface area contributed by atoms with Crippen LogP contribution in [0.3, 0.4) is 0 Å². The molecule has 0 radical (unpaired) electrons. The van der Waals surface area contributed by atoms with Crippen LogP contribution in [-0.4, -0.2) is 22.3 Å². The normalized spacial score (nSPS) is 11.5. The summed E-state index contributed by atoms with van der Waals surface area (Å²) in [5, 5.41) is 12.9. The second kappa shape index (κ2) is 10.1. The van der Waals surface area contributed by atoms with Gasteiger partial charge in [-0.1, -0.05) is 12.1 Å². The first-order chi connectivity index (χ1) is 15.1. The molecule has 0 fully saturated rings. The van der Waals surface area contributed by atoms with E-state index in [9.17, 15) is 18.0 Å². The Morgan fingerprint density at radius 1 is 1.12 bits per heavy atom. The van der Waals surface area contributed by atoms with E-state index >= 15 is 0 Å². The SMILES string of the molecule is O=C(O)c1ccc(COc2c(Br)cc(/C=N\Nc3ccc(C(F)(F)F)cn3)cc2Br)cc1. The maximum Gasteiger partial charge on any atom is 0.417 e. The zero-order valence-electron chi connectivity index (χ0n) is 16.0. The highest BCUT2D eigenvalue weighted by molar-refractivity contribution is 9.11. The third kappa shape index (κ3) is 6.30. The zero-order chi connectivity index (χ0) is 23.3. The molecule has 0 aliphatic heterocycles. The van der Waals surface area contributed by atoms with Crippen molar-refractivity contribution in [2.24, 2.45) is 5.10 Å². The minimum absolute atomic E-state index is 0.168. The van der Waals surface area contributed by atoms with Gasteiger partial charge in [0.15, 0.2) is 0 Å². The lowest BCUT2D eigenvalue weighted by atomic mass is 10.1. The summed E-state index contributed by atoms with van der Waals surface area (Å²) in [5.74, 6) is -0.285. The number of carboxylic acids is 1. The van der Waals surface area contributed by atoms with Gasteiger partial charge in [0.2, 0.25) is 0 Å². The number of aromatic carboxylic acids is 1. The van der Waals surface area contributed by atoms with E-state index in [1.807, 2.05) is 0 Å². The van der Waals surface area contributed by atoms with E-state index in [1.165, 1.54) is 24.4 Å². The molecule has 11 heteroatoms. The van der Waals surface area contributed by atoms with E-state index in [1.54, 1.807) is 24.3 Å². The number of hydrogen-bond donors (Lipinski definition) is 2. The molecule has 0 amide bonds. The van der Waals surface area contributed by atoms with Gasteiger partial charge < -0.3 is 9.84 Å². The number of halogens is 5. The van der Waals surface area contributed by atoms with Crippen LogP contribution < -0.4 is 10.2 Å². The molecule has 0 bridgehead atoms. The first kappa shape index (κ1) is 23.7. The topological polar surface area (TPSA) is 83.8 Å². The highest BCUT2D eigenvalue weighted by atomic mass is 79.9. The number of anilines is 1. The highest BCUT2D eigenvalue weighted by Crippen LogP contribution is 2.35. The predicted molar refractivity (Wildman–Crippen MR) is 120 cm³/mol. The summed E-state index contributed by atoms with van der Waals surface area (Å²) in [5.41, 5.74) is 3.41. The van der Waals surface area contributed by atoms with Gasteiger partial charge in [0.25, 0.3) is 0 Å². The number of hydrazone groups is 1. The molecule has 0 aliphatic rings. The first-order valence-corrected chi connectivity index (χ1v) is 10.5. The van der Waals surface area contributed by atoms with Gasteiger partial charge in [-0.3, -0.25) is 5.43 Å². The van der Waals surface area contributed by atoms with E-state index in [0.29, 0.717) is 20.3 Å². The highest BCUT2D eigenvalue weighted by Gasteiger charge is 2.30. The molecule has 32 heavy (non-hydrogen) atoms. The molecule has 0 atom stereocenters. The number of ether oxygens (including phenoxy) is 1. The van der Waals surface area contributed by atoms with Crippen molar-refractivity contribution >= 4 is 49.9 Å². The van der Waals surface area contributed by atoms with Crippen molar-refractivity contribution in [3.63, 3.8) is 0 Å². The van der Waals surface area contributed by atoms with E-state index in [-0.39, 0.29) is 18.0 Å². The van der Waals surface area contributed by atoms with Gasteiger partial charge in [-0.2, -0.15) is 18.3 Å². The lowest BCUT2D eigenvalue weighted by Crippen LogP contribution is -2.05. The van der Waals surface area contributed by atoms with Crippen LogP contribution >= 0.6 is 31.9 Å². The molecule has 0 saturated heterocycles. The molecule has 0 unspecified atom stereocenters. The van der Waals surface area contributed by atoms with Crippen molar-refractivity contribution in [3.05, 3.63) is 85.9 Å². The average molecular weight is 573 g/mol. The molecule has 1 aromatic heterocycles. The van der Waals surface area contributed by atoms with Gasteiger partial charge in [-0.15, -0.1) is 0 Å². The van der Waals surface area contributed by atoms with Crippen molar-refractivity contribution in [2.45, 2.75) is 12.8 Å². The third-order valence-corrected chi connectivity index (χ3v) is 5.27. The molecule has 0 spiro atoms.